The largest absolute Gasteiger partial charge is 0.481 e. The van der Waals surface area contributed by atoms with Gasteiger partial charge in [-0.3, -0.25) is 4.79 Å². The van der Waals surface area contributed by atoms with Gasteiger partial charge in [0.25, 0.3) is 0 Å². The third-order valence-electron chi connectivity index (χ3n) is 3.75. The molecule has 3 heteroatoms. The Labute approximate surface area is 126 Å². The smallest absolute Gasteiger partial charge is 0.310 e. The Balaban J connectivity index is 0.000000154. The predicted molar refractivity (Wildman–Crippen MR) is 85.6 cm³/mol. The first kappa shape index (κ1) is 15.4. The summed E-state index contributed by atoms with van der Waals surface area (Å²) in [7, 11) is 0. The monoisotopic (exact) mass is 285 g/mol. The van der Waals surface area contributed by atoms with Crippen molar-refractivity contribution in [2.24, 2.45) is 5.92 Å². The van der Waals surface area contributed by atoms with Crippen LogP contribution in [0.3, 0.4) is 0 Å². The number of aliphatic carboxylic acids is 1. The molecule has 0 amide bonds. The van der Waals surface area contributed by atoms with E-state index in [4.69, 9.17) is 5.11 Å². The first-order chi connectivity index (χ1) is 10.3. The van der Waals surface area contributed by atoms with Crippen LogP contribution in [0.15, 0.2) is 60.5 Å². The van der Waals surface area contributed by atoms with E-state index >= 15 is 0 Å². The molecule has 0 saturated carbocycles. The van der Waals surface area contributed by atoms with Gasteiger partial charge in [-0.15, -0.1) is 0 Å². The van der Waals surface area contributed by atoms with Crippen LogP contribution in [0.25, 0.3) is 0 Å². The number of hydrogen-bond donors (Lipinski definition) is 1. The maximum absolute atomic E-state index is 10.6. The Bertz CT molecular complexity index is 497. The standard InChI is InChI=1S/C9H9N.C9H14O2/c1-2-5-9-6-4-8-10(9)7-3-1;10-9(11)8-6-4-2-1-3-5-7-8/h1-7H,8H2;4,6,8H,1-3,5,7H2,(H,10,11). The molecule has 2 heterocycles. The van der Waals surface area contributed by atoms with Crippen molar-refractivity contribution >= 4 is 5.97 Å². The fraction of sp³-hybridized carbons (Fsp3) is 0.389. The topological polar surface area (TPSA) is 40.5 Å². The van der Waals surface area contributed by atoms with Crippen molar-refractivity contribution in [3.8, 4) is 0 Å². The molecule has 0 radical (unpaired) electrons. The summed E-state index contributed by atoms with van der Waals surface area (Å²) in [4.78, 5) is 12.8. The molecule has 0 aromatic rings. The van der Waals surface area contributed by atoms with E-state index in [0.29, 0.717) is 0 Å². The summed E-state index contributed by atoms with van der Waals surface area (Å²) in [5, 5.41) is 8.70. The molecule has 0 bridgehead atoms. The number of carbonyl (C=O) groups is 1. The summed E-state index contributed by atoms with van der Waals surface area (Å²) < 4.78 is 0. The van der Waals surface area contributed by atoms with Crippen LogP contribution in [-0.2, 0) is 4.79 Å². The van der Waals surface area contributed by atoms with Crippen molar-refractivity contribution < 1.29 is 9.90 Å². The van der Waals surface area contributed by atoms with Crippen molar-refractivity contribution in [3.05, 3.63) is 60.5 Å². The minimum atomic E-state index is -0.678. The van der Waals surface area contributed by atoms with Crippen molar-refractivity contribution in [1.29, 1.82) is 0 Å². The normalized spacial score (nSPS) is 23.3. The Morgan fingerprint density at radius 3 is 2.90 bits per heavy atom. The Kier molecular flexibility index (Phi) is 6.07. The molecule has 0 aromatic carbocycles. The third kappa shape index (κ3) is 5.10. The van der Waals surface area contributed by atoms with Gasteiger partial charge in [0.1, 0.15) is 0 Å². The van der Waals surface area contributed by atoms with E-state index in [1.54, 1.807) is 0 Å². The van der Waals surface area contributed by atoms with Crippen LogP contribution in [0.4, 0.5) is 0 Å². The Morgan fingerprint density at radius 1 is 1.14 bits per heavy atom. The molecule has 0 fully saturated rings. The second-order valence-corrected chi connectivity index (χ2v) is 5.38. The lowest BCUT2D eigenvalue weighted by molar-refractivity contribution is -0.140. The van der Waals surface area contributed by atoms with Gasteiger partial charge in [-0.1, -0.05) is 43.2 Å². The Morgan fingerprint density at radius 2 is 2.05 bits per heavy atom. The molecule has 0 aromatic heterocycles. The van der Waals surface area contributed by atoms with Gasteiger partial charge in [-0.2, -0.15) is 0 Å². The lowest BCUT2D eigenvalue weighted by atomic mass is 9.97. The summed E-state index contributed by atoms with van der Waals surface area (Å²) in [5.41, 5.74) is 1.28. The zero-order valence-corrected chi connectivity index (χ0v) is 12.3. The van der Waals surface area contributed by atoms with Gasteiger partial charge in [0.2, 0.25) is 0 Å². The number of fused-ring (bicyclic) bond motifs is 1. The summed E-state index contributed by atoms with van der Waals surface area (Å²) in [6.45, 7) is 1.02. The minimum absolute atomic E-state index is 0.227. The number of rotatable bonds is 1. The highest BCUT2D eigenvalue weighted by atomic mass is 16.4. The van der Waals surface area contributed by atoms with Crippen LogP contribution in [0, 0.1) is 5.92 Å². The SMILES string of the molecule is C1=CC=C2C=CCN2C=C1.O=C(O)C1C=CCCCCC1. The lowest BCUT2D eigenvalue weighted by Crippen LogP contribution is -2.11. The van der Waals surface area contributed by atoms with E-state index in [0.717, 1.165) is 25.8 Å². The number of allylic oxidation sites excluding steroid dienone is 6. The van der Waals surface area contributed by atoms with Gasteiger partial charge < -0.3 is 10.0 Å². The second-order valence-electron chi connectivity index (χ2n) is 5.38. The van der Waals surface area contributed by atoms with E-state index in [2.05, 4.69) is 41.5 Å². The van der Waals surface area contributed by atoms with Gasteiger partial charge in [0.05, 0.1) is 5.92 Å². The highest BCUT2D eigenvalue weighted by Crippen LogP contribution is 2.17. The van der Waals surface area contributed by atoms with Gasteiger partial charge in [0.15, 0.2) is 0 Å². The average molecular weight is 285 g/mol. The van der Waals surface area contributed by atoms with Crippen molar-refractivity contribution in [2.45, 2.75) is 32.1 Å². The maximum Gasteiger partial charge on any atom is 0.310 e. The molecule has 1 N–H and O–H groups in total. The maximum atomic E-state index is 10.6. The second kappa shape index (κ2) is 8.30. The number of hydrogen-bond acceptors (Lipinski definition) is 2. The van der Waals surface area contributed by atoms with Crippen molar-refractivity contribution in [1.82, 2.24) is 4.90 Å². The fourth-order valence-electron chi connectivity index (χ4n) is 2.52. The van der Waals surface area contributed by atoms with Crippen molar-refractivity contribution in [2.75, 3.05) is 6.54 Å². The van der Waals surface area contributed by atoms with E-state index in [-0.39, 0.29) is 5.92 Å². The van der Waals surface area contributed by atoms with Crippen LogP contribution >= 0.6 is 0 Å². The number of nitrogens with zero attached hydrogens (tertiary/aromatic N) is 1. The third-order valence-corrected chi connectivity index (χ3v) is 3.75. The van der Waals surface area contributed by atoms with Crippen LogP contribution in [0.1, 0.15) is 32.1 Å². The van der Waals surface area contributed by atoms with Crippen molar-refractivity contribution in [3.63, 3.8) is 0 Å². The van der Waals surface area contributed by atoms with E-state index in [9.17, 15) is 4.79 Å². The highest BCUT2D eigenvalue weighted by Gasteiger charge is 2.13. The summed E-state index contributed by atoms with van der Waals surface area (Å²) >= 11 is 0. The summed E-state index contributed by atoms with van der Waals surface area (Å²) in [6.07, 6.45) is 23.8. The van der Waals surface area contributed by atoms with E-state index in [1.807, 2.05) is 18.2 Å². The van der Waals surface area contributed by atoms with Crippen LogP contribution in [0.5, 0.6) is 0 Å². The Hall–Kier alpha value is -2.03. The molecular formula is C18H23NO2. The molecule has 112 valence electrons. The quantitative estimate of drug-likeness (QED) is 0.739. The summed E-state index contributed by atoms with van der Waals surface area (Å²) in [6, 6.07) is 0. The fourth-order valence-corrected chi connectivity index (χ4v) is 2.52. The molecule has 0 saturated heterocycles. The first-order valence-corrected chi connectivity index (χ1v) is 7.65. The molecular weight excluding hydrogens is 262 g/mol. The van der Waals surface area contributed by atoms with Crippen LogP contribution < -0.4 is 0 Å². The molecule has 1 unspecified atom stereocenters. The zero-order valence-electron chi connectivity index (χ0n) is 12.3. The molecule has 0 spiro atoms. The van der Waals surface area contributed by atoms with Gasteiger partial charge in [-0.05, 0) is 37.5 Å². The van der Waals surface area contributed by atoms with Crippen LogP contribution in [-0.4, -0.2) is 22.5 Å². The average Bonchev–Trinajstić information content (AvgIpc) is 2.75. The molecule has 3 nitrogen and oxygen atoms in total. The molecule has 3 aliphatic rings. The van der Waals surface area contributed by atoms with E-state index in [1.165, 1.54) is 18.5 Å². The molecule has 1 aliphatic carbocycles. The molecule has 21 heavy (non-hydrogen) atoms. The zero-order chi connectivity index (χ0) is 14.9. The number of carboxylic acid groups (broad SMARTS) is 1. The highest BCUT2D eigenvalue weighted by molar-refractivity contribution is 5.72. The summed E-state index contributed by atoms with van der Waals surface area (Å²) in [5.74, 6) is -0.904. The first-order valence-electron chi connectivity index (χ1n) is 7.65. The molecule has 3 rings (SSSR count). The number of carboxylic acids is 1. The lowest BCUT2D eigenvalue weighted by Gasteiger charge is -2.11. The van der Waals surface area contributed by atoms with Crippen LogP contribution in [0.2, 0.25) is 0 Å². The predicted octanol–water partition coefficient (Wildman–Crippen LogP) is 4.03. The van der Waals surface area contributed by atoms with Gasteiger partial charge >= 0.3 is 5.97 Å². The van der Waals surface area contributed by atoms with E-state index < -0.39 is 5.97 Å². The molecule has 1 atom stereocenters. The van der Waals surface area contributed by atoms with Gasteiger partial charge in [-0.25, -0.2) is 0 Å². The minimum Gasteiger partial charge on any atom is -0.481 e. The van der Waals surface area contributed by atoms with Gasteiger partial charge in [0, 0.05) is 18.4 Å². The molecule has 2 aliphatic heterocycles.